The summed E-state index contributed by atoms with van der Waals surface area (Å²) in [6.45, 7) is 1.47. The van der Waals surface area contributed by atoms with Crippen molar-refractivity contribution in [2.45, 2.75) is 25.7 Å². The van der Waals surface area contributed by atoms with Gasteiger partial charge in [0.1, 0.15) is 5.75 Å². The molecule has 0 spiro atoms. The van der Waals surface area contributed by atoms with Crippen molar-refractivity contribution in [2.24, 2.45) is 0 Å². The van der Waals surface area contributed by atoms with E-state index in [9.17, 15) is 4.79 Å². The lowest BCUT2D eigenvalue weighted by molar-refractivity contribution is -0.121. The van der Waals surface area contributed by atoms with Gasteiger partial charge in [0.15, 0.2) is 0 Å². The average Bonchev–Trinajstić information content (AvgIpc) is 2.45. The summed E-state index contributed by atoms with van der Waals surface area (Å²) < 4.78 is 10.1. The van der Waals surface area contributed by atoms with Gasteiger partial charge in [-0.15, -0.1) is 0 Å². The molecule has 0 aliphatic heterocycles. The molecule has 19 heavy (non-hydrogen) atoms. The zero-order valence-electron chi connectivity index (χ0n) is 11.8. The van der Waals surface area contributed by atoms with Gasteiger partial charge in [0.25, 0.3) is 0 Å². The molecule has 0 saturated heterocycles. The fourth-order valence-corrected chi connectivity index (χ4v) is 1.77. The van der Waals surface area contributed by atoms with Crippen molar-refractivity contribution in [1.82, 2.24) is 5.32 Å². The summed E-state index contributed by atoms with van der Waals surface area (Å²) in [7, 11) is 3.33. The van der Waals surface area contributed by atoms with Crippen LogP contribution in [0.4, 0.5) is 0 Å². The molecule has 1 aromatic carbocycles. The van der Waals surface area contributed by atoms with Gasteiger partial charge < -0.3 is 14.8 Å². The van der Waals surface area contributed by atoms with Crippen molar-refractivity contribution in [3.63, 3.8) is 0 Å². The first kappa shape index (κ1) is 15.5. The van der Waals surface area contributed by atoms with Crippen LogP contribution in [0.2, 0.25) is 0 Å². The third-order valence-corrected chi connectivity index (χ3v) is 2.87. The minimum Gasteiger partial charge on any atom is -0.497 e. The fourth-order valence-electron chi connectivity index (χ4n) is 1.77. The predicted molar refractivity (Wildman–Crippen MR) is 75.4 cm³/mol. The molecule has 0 aromatic heterocycles. The molecule has 0 fully saturated rings. The molecular formula is C15H23NO3. The van der Waals surface area contributed by atoms with Crippen LogP contribution < -0.4 is 10.1 Å². The van der Waals surface area contributed by atoms with E-state index < -0.39 is 0 Å². The number of nitrogens with one attached hydrogen (secondary N) is 1. The standard InChI is InChI=1S/C15H23NO3/c1-18-11-4-3-10-16-15(17)9-8-13-6-5-7-14(12-13)19-2/h5-7,12H,3-4,8-11H2,1-2H3,(H,16,17). The van der Waals surface area contributed by atoms with Crippen molar-refractivity contribution < 1.29 is 14.3 Å². The van der Waals surface area contributed by atoms with E-state index in [1.54, 1.807) is 14.2 Å². The van der Waals surface area contributed by atoms with Gasteiger partial charge in [-0.05, 0) is 37.0 Å². The van der Waals surface area contributed by atoms with E-state index in [4.69, 9.17) is 9.47 Å². The van der Waals surface area contributed by atoms with Crippen molar-refractivity contribution >= 4 is 5.91 Å². The van der Waals surface area contributed by atoms with Gasteiger partial charge in [-0.3, -0.25) is 4.79 Å². The Hall–Kier alpha value is -1.55. The first-order valence-electron chi connectivity index (χ1n) is 6.65. The van der Waals surface area contributed by atoms with Gasteiger partial charge in [0.2, 0.25) is 5.91 Å². The van der Waals surface area contributed by atoms with Crippen molar-refractivity contribution in [1.29, 1.82) is 0 Å². The van der Waals surface area contributed by atoms with Crippen molar-refractivity contribution in [3.05, 3.63) is 29.8 Å². The molecule has 1 N–H and O–H groups in total. The predicted octanol–water partition coefficient (Wildman–Crippen LogP) is 2.17. The van der Waals surface area contributed by atoms with Gasteiger partial charge in [0, 0.05) is 26.7 Å². The zero-order chi connectivity index (χ0) is 13.9. The summed E-state index contributed by atoms with van der Waals surface area (Å²) in [6, 6.07) is 7.82. The highest BCUT2D eigenvalue weighted by Gasteiger charge is 2.02. The van der Waals surface area contributed by atoms with Crippen LogP contribution in [-0.4, -0.2) is 33.3 Å². The zero-order valence-corrected chi connectivity index (χ0v) is 11.8. The summed E-state index contributed by atoms with van der Waals surface area (Å²) in [5.41, 5.74) is 1.12. The summed E-state index contributed by atoms with van der Waals surface area (Å²) >= 11 is 0. The summed E-state index contributed by atoms with van der Waals surface area (Å²) in [5, 5.41) is 2.91. The van der Waals surface area contributed by atoms with Crippen LogP contribution >= 0.6 is 0 Å². The molecule has 0 aliphatic rings. The van der Waals surface area contributed by atoms with E-state index in [2.05, 4.69) is 5.32 Å². The Morgan fingerprint density at radius 3 is 2.84 bits per heavy atom. The second-order valence-corrected chi connectivity index (χ2v) is 4.40. The molecule has 0 heterocycles. The second kappa shape index (κ2) is 9.39. The maximum Gasteiger partial charge on any atom is 0.220 e. The van der Waals surface area contributed by atoms with Crippen LogP contribution in [0.25, 0.3) is 0 Å². The van der Waals surface area contributed by atoms with Gasteiger partial charge in [-0.1, -0.05) is 12.1 Å². The number of benzene rings is 1. The Morgan fingerprint density at radius 1 is 1.26 bits per heavy atom. The molecular weight excluding hydrogens is 242 g/mol. The minimum atomic E-state index is 0.0974. The Balaban J connectivity index is 2.18. The lowest BCUT2D eigenvalue weighted by atomic mass is 10.1. The SMILES string of the molecule is COCCCCNC(=O)CCc1cccc(OC)c1. The summed E-state index contributed by atoms with van der Waals surface area (Å²) in [5.74, 6) is 0.928. The minimum absolute atomic E-state index is 0.0974. The third-order valence-electron chi connectivity index (χ3n) is 2.87. The summed E-state index contributed by atoms with van der Waals surface area (Å²) in [4.78, 5) is 11.6. The van der Waals surface area contributed by atoms with Crippen LogP contribution in [0, 0.1) is 0 Å². The lowest BCUT2D eigenvalue weighted by Gasteiger charge is -2.06. The van der Waals surface area contributed by atoms with Gasteiger partial charge in [-0.2, -0.15) is 0 Å². The number of carbonyl (C=O) groups excluding carboxylic acids is 1. The smallest absolute Gasteiger partial charge is 0.220 e. The largest absolute Gasteiger partial charge is 0.497 e. The molecule has 0 unspecified atom stereocenters. The first-order chi connectivity index (χ1) is 9.26. The monoisotopic (exact) mass is 265 g/mol. The number of unbranched alkanes of at least 4 members (excludes halogenated alkanes) is 1. The van der Waals surface area contributed by atoms with E-state index in [-0.39, 0.29) is 5.91 Å². The van der Waals surface area contributed by atoms with E-state index in [0.717, 1.165) is 43.7 Å². The first-order valence-corrected chi connectivity index (χ1v) is 6.65. The molecule has 0 bridgehead atoms. The highest BCUT2D eigenvalue weighted by Crippen LogP contribution is 2.13. The van der Waals surface area contributed by atoms with Crippen LogP contribution in [0.1, 0.15) is 24.8 Å². The topological polar surface area (TPSA) is 47.6 Å². The normalized spacial score (nSPS) is 10.2. The molecule has 4 nitrogen and oxygen atoms in total. The quantitative estimate of drug-likeness (QED) is 0.696. The highest BCUT2D eigenvalue weighted by atomic mass is 16.5. The van der Waals surface area contributed by atoms with Crippen molar-refractivity contribution in [3.8, 4) is 5.75 Å². The maximum atomic E-state index is 11.6. The second-order valence-electron chi connectivity index (χ2n) is 4.40. The molecule has 0 atom stereocenters. The Bertz CT molecular complexity index is 379. The molecule has 0 radical (unpaired) electrons. The molecule has 1 rings (SSSR count). The average molecular weight is 265 g/mol. The number of carbonyl (C=O) groups is 1. The number of amides is 1. The van der Waals surface area contributed by atoms with Crippen LogP contribution in [-0.2, 0) is 16.0 Å². The molecule has 1 aromatic rings. The van der Waals surface area contributed by atoms with Crippen LogP contribution in [0.15, 0.2) is 24.3 Å². The van der Waals surface area contributed by atoms with E-state index in [1.165, 1.54) is 0 Å². The number of aryl methyl sites for hydroxylation is 1. The Kier molecular flexibility index (Phi) is 7.66. The maximum absolute atomic E-state index is 11.6. The highest BCUT2D eigenvalue weighted by molar-refractivity contribution is 5.76. The van der Waals surface area contributed by atoms with E-state index >= 15 is 0 Å². The number of methoxy groups -OCH3 is 2. The number of rotatable bonds is 9. The summed E-state index contributed by atoms with van der Waals surface area (Å²) in [6.07, 6.45) is 3.18. The molecule has 1 amide bonds. The van der Waals surface area contributed by atoms with Crippen LogP contribution in [0.3, 0.4) is 0 Å². The number of hydrogen-bond donors (Lipinski definition) is 1. The molecule has 0 saturated carbocycles. The van der Waals surface area contributed by atoms with Gasteiger partial charge >= 0.3 is 0 Å². The molecule has 106 valence electrons. The Labute approximate surface area is 115 Å². The Morgan fingerprint density at radius 2 is 2.11 bits per heavy atom. The number of hydrogen-bond acceptors (Lipinski definition) is 3. The molecule has 4 heteroatoms. The van der Waals surface area contributed by atoms with Crippen LogP contribution in [0.5, 0.6) is 5.75 Å². The van der Waals surface area contributed by atoms with Gasteiger partial charge in [-0.25, -0.2) is 0 Å². The molecule has 0 aliphatic carbocycles. The van der Waals surface area contributed by atoms with Crippen molar-refractivity contribution in [2.75, 3.05) is 27.4 Å². The van der Waals surface area contributed by atoms with E-state index in [0.29, 0.717) is 6.42 Å². The van der Waals surface area contributed by atoms with Gasteiger partial charge in [0.05, 0.1) is 7.11 Å². The third kappa shape index (κ3) is 6.82. The van der Waals surface area contributed by atoms with E-state index in [1.807, 2.05) is 24.3 Å². The fraction of sp³-hybridized carbons (Fsp3) is 0.533. The lowest BCUT2D eigenvalue weighted by Crippen LogP contribution is -2.24. The number of ether oxygens (including phenoxy) is 2.